The van der Waals surface area contributed by atoms with E-state index < -0.39 is 0 Å². The van der Waals surface area contributed by atoms with Crippen LogP contribution in [0.15, 0.2) is 0 Å². The van der Waals surface area contributed by atoms with Gasteiger partial charge in [0, 0.05) is 39.3 Å². The summed E-state index contributed by atoms with van der Waals surface area (Å²) >= 11 is 0. The SMILES string of the molecule is COCCN1CCCN(C(=O)C2C3CCC(C3)C2N)CC1. The van der Waals surface area contributed by atoms with Gasteiger partial charge in [0.2, 0.25) is 5.91 Å². The average molecular weight is 295 g/mol. The Morgan fingerprint density at radius 3 is 2.71 bits per heavy atom. The van der Waals surface area contributed by atoms with Crippen molar-refractivity contribution in [1.29, 1.82) is 0 Å². The van der Waals surface area contributed by atoms with Crippen molar-refractivity contribution in [3.63, 3.8) is 0 Å². The van der Waals surface area contributed by atoms with E-state index in [1.54, 1.807) is 7.11 Å². The number of carbonyl (C=O) groups is 1. The molecule has 1 saturated heterocycles. The molecule has 4 atom stereocenters. The van der Waals surface area contributed by atoms with Crippen molar-refractivity contribution in [1.82, 2.24) is 9.80 Å². The van der Waals surface area contributed by atoms with Crippen LogP contribution in [0.25, 0.3) is 0 Å². The van der Waals surface area contributed by atoms with Gasteiger partial charge in [0.25, 0.3) is 0 Å². The fourth-order valence-corrected chi connectivity index (χ4v) is 4.55. The molecule has 3 rings (SSSR count). The first-order valence-corrected chi connectivity index (χ1v) is 8.46. The minimum absolute atomic E-state index is 0.106. The second kappa shape index (κ2) is 6.63. The number of carbonyl (C=O) groups excluding carboxylic acids is 1. The third-order valence-electron chi connectivity index (χ3n) is 5.78. The Balaban J connectivity index is 1.56. The van der Waals surface area contributed by atoms with Crippen LogP contribution in [0.1, 0.15) is 25.7 Å². The Morgan fingerprint density at radius 2 is 2.00 bits per heavy atom. The van der Waals surface area contributed by atoms with Gasteiger partial charge in [-0.05, 0) is 44.1 Å². The van der Waals surface area contributed by atoms with Crippen LogP contribution in [0.2, 0.25) is 0 Å². The van der Waals surface area contributed by atoms with Crippen molar-refractivity contribution >= 4 is 5.91 Å². The number of amides is 1. The van der Waals surface area contributed by atoms with Gasteiger partial charge in [0.15, 0.2) is 0 Å². The predicted octanol–water partition coefficient (Wildman–Crippen LogP) is 0.541. The molecule has 1 amide bonds. The average Bonchev–Trinajstić information content (AvgIpc) is 2.98. The van der Waals surface area contributed by atoms with Gasteiger partial charge in [0.05, 0.1) is 12.5 Å². The standard InChI is InChI=1S/C16H29N3O2/c1-21-10-9-18-5-2-6-19(8-7-18)16(20)14-12-3-4-13(11-12)15(14)17/h12-15H,2-11,17H2,1H3. The van der Waals surface area contributed by atoms with Crippen LogP contribution in [-0.4, -0.2) is 68.2 Å². The zero-order chi connectivity index (χ0) is 14.8. The highest BCUT2D eigenvalue weighted by molar-refractivity contribution is 5.80. The summed E-state index contributed by atoms with van der Waals surface area (Å²) in [5.74, 6) is 1.61. The highest BCUT2D eigenvalue weighted by Gasteiger charge is 2.50. The summed E-state index contributed by atoms with van der Waals surface area (Å²) in [7, 11) is 1.74. The number of nitrogens with two attached hydrogens (primary N) is 1. The van der Waals surface area contributed by atoms with Gasteiger partial charge in [-0.3, -0.25) is 9.69 Å². The van der Waals surface area contributed by atoms with Gasteiger partial charge in [-0.2, -0.15) is 0 Å². The van der Waals surface area contributed by atoms with Crippen LogP contribution in [0, 0.1) is 17.8 Å². The van der Waals surface area contributed by atoms with Crippen molar-refractivity contribution < 1.29 is 9.53 Å². The maximum Gasteiger partial charge on any atom is 0.227 e. The number of hydrogen-bond donors (Lipinski definition) is 1. The molecule has 3 aliphatic rings. The van der Waals surface area contributed by atoms with Crippen molar-refractivity contribution in [2.45, 2.75) is 31.7 Å². The van der Waals surface area contributed by atoms with Gasteiger partial charge < -0.3 is 15.4 Å². The van der Waals surface area contributed by atoms with E-state index in [1.165, 1.54) is 19.3 Å². The highest BCUT2D eigenvalue weighted by atomic mass is 16.5. The van der Waals surface area contributed by atoms with E-state index in [2.05, 4.69) is 9.80 Å². The lowest BCUT2D eigenvalue weighted by molar-refractivity contribution is -0.137. The fourth-order valence-electron chi connectivity index (χ4n) is 4.55. The number of nitrogens with zero attached hydrogens (tertiary/aromatic N) is 2. The normalized spacial score (nSPS) is 37.0. The molecule has 0 radical (unpaired) electrons. The van der Waals surface area contributed by atoms with Gasteiger partial charge in [-0.25, -0.2) is 0 Å². The molecule has 0 aromatic rings. The molecule has 2 N–H and O–H groups in total. The largest absolute Gasteiger partial charge is 0.383 e. The van der Waals surface area contributed by atoms with Crippen molar-refractivity contribution in [3.8, 4) is 0 Å². The second-order valence-corrected chi connectivity index (χ2v) is 6.95. The highest BCUT2D eigenvalue weighted by Crippen LogP contribution is 2.48. The summed E-state index contributed by atoms with van der Waals surface area (Å²) in [5.41, 5.74) is 6.33. The van der Waals surface area contributed by atoms with Crippen LogP contribution >= 0.6 is 0 Å². The second-order valence-electron chi connectivity index (χ2n) is 6.95. The summed E-state index contributed by atoms with van der Waals surface area (Å²) in [6.07, 6.45) is 4.69. The lowest BCUT2D eigenvalue weighted by atomic mass is 9.84. The Morgan fingerprint density at radius 1 is 1.19 bits per heavy atom. The van der Waals surface area contributed by atoms with Gasteiger partial charge in [-0.15, -0.1) is 0 Å². The van der Waals surface area contributed by atoms with E-state index in [0.29, 0.717) is 17.7 Å². The van der Waals surface area contributed by atoms with Crippen LogP contribution in [0.4, 0.5) is 0 Å². The molecule has 2 saturated carbocycles. The Kier molecular flexibility index (Phi) is 4.82. The minimum atomic E-state index is 0.106. The van der Waals surface area contributed by atoms with E-state index in [0.717, 1.165) is 45.8 Å². The van der Waals surface area contributed by atoms with Gasteiger partial charge >= 0.3 is 0 Å². The summed E-state index contributed by atoms with van der Waals surface area (Å²) in [6.45, 7) is 5.50. The Labute approximate surface area is 127 Å². The van der Waals surface area contributed by atoms with Crippen LogP contribution in [0.3, 0.4) is 0 Å². The first kappa shape index (κ1) is 15.3. The first-order valence-electron chi connectivity index (χ1n) is 8.46. The molecule has 5 nitrogen and oxygen atoms in total. The van der Waals surface area contributed by atoms with Crippen molar-refractivity contribution in [3.05, 3.63) is 0 Å². The number of methoxy groups -OCH3 is 1. The first-order chi connectivity index (χ1) is 10.2. The Hall–Kier alpha value is -0.650. The number of ether oxygens (including phenoxy) is 1. The molecule has 1 heterocycles. The molecule has 2 bridgehead atoms. The van der Waals surface area contributed by atoms with Crippen LogP contribution < -0.4 is 5.73 Å². The van der Waals surface area contributed by atoms with Crippen molar-refractivity contribution in [2.24, 2.45) is 23.5 Å². The molecule has 1 aliphatic heterocycles. The zero-order valence-electron chi connectivity index (χ0n) is 13.2. The molecule has 4 unspecified atom stereocenters. The summed E-state index contributed by atoms with van der Waals surface area (Å²) in [4.78, 5) is 17.4. The molecule has 0 aromatic carbocycles. The van der Waals surface area contributed by atoms with E-state index in [-0.39, 0.29) is 12.0 Å². The fraction of sp³-hybridized carbons (Fsp3) is 0.938. The van der Waals surface area contributed by atoms with E-state index >= 15 is 0 Å². The molecule has 0 spiro atoms. The molecule has 21 heavy (non-hydrogen) atoms. The van der Waals surface area contributed by atoms with E-state index in [9.17, 15) is 4.79 Å². The van der Waals surface area contributed by atoms with Gasteiger partial charge in [0.1, 0.15) is 0 Å². The smallest absolute Gasteiger partial charge is 0.227 e. The maximum absolute atomic E-state index is 12.9. The summed E-state index contributed by atoms with van der Waals surface area (Å²) < 4.78 is 5.15. The van der Waals surface area contributed by atoms with Crippen LogP contribution in [-0.2, 0) is 9.53 Å². The lowest BCUT2D eigenvalue weighted by Crippen LogP contribution is -2.48. The summed E-state index contributed by atoms with van der Waals surface area (Å²) in [6, 6.07) is 0.115. The van der Waals surface area contributed by atoms with E-state index in [1.807, 2.05) is 0 Å². The van der Waals surface area contributed by atoms with Crippen LogP contribution in [0.5, 0.6) is 0 Å². The topological polar surface area (TPSA) is 58.8 Å². The third-order valence-corrected chi connectivity index (χ3v) is 5.78. The summed E-state index contributed by atoms with van der Waals surface area (Å²) in [5, 5.41) is 0. The molecular formula is C16H29N3O2. The zero-order valence-corrected chi connectivity index (χ0v) is 13.2. The molecule has 5 heteroatoms. The lowest BCUT2D eigenvalue weighted by Gasteiger charge is -2.32. The monoisotopic (exact) mass is 295 g/mol. The third kappa shape index (κ3) is 3.10. The number of rotatable bonds is 4. The quantitative estimate of drug-likeness (QED) is 0.822. The Bertz CT molecular complexity index is 375. The van der Waals surface area contributed by atoms with E-state index in [4.69, 9.17) is 10.5 Å². The molecule has 3 fully saturated rings. The molecular weight excluding hydrogens is 266 g/mol. The number of fused-ring (bicyclic) bond motifs is 2. The molecule has 0 aromatic heterocycles. The minimum Gasteiger partial charge on any atom is -0.383 e. The van der Waals surface area contributed by atoms with Crippen molar-refractivity contribution in [2.75, 3.05) is 46.4 Å². The predicted molar refractivity (Wildman–Crippen MR) is 81.8 cm³/mol. The number of hydrogen-bond acceptors (Lipinski definition) is 4. The molecule has 120 valence electrons. The molecule has 2 aliphatic carbocycles. The van der Waals surface area contributed by atoms with Gasteiger partial charge in [-0.1, -0.05) is 0 Å². The maximum atomic E-state index is 12.9.